The molecule has 0 spiro atoms. The number of carbonyl (C=O) groups excluding carboxylic acids is 1. The Kier molecular flexibility index (Phi) is 3.06. The molecule has 0 bridgehead atoms. The highest BCUT2D eigenvalue weighted by molar-refractivity contribution is 5.85. The third-order valence-electron chi connectivity index (χ3n) is 3.84. The van der Waals surface area contributed by atoms with Crippen molar-refractivity contribution in [3.05, 3.63) is 29.6 Å². The van der Waals surface area contributed by atoms with Crippen molar-refractivity contribution in [2.24, 2.45) is 11.8 Å². The summed E-state index contributed by atoms with van der Waals surface area (Å²) in [5.41, 5.74) is 1.00. The van der Waals surface area contributed by atoms with Gasteiger partial charge in [0.15, 0.2) is 6.29 Å². The second-order valence-electron chi connectivity index (χ2n) is 5.58. The van der Waals surface area contributed by atoms with Gasteiger partial charge in [0.1, 0.15) is 5.82 Å². The summed E-state index contributed by atoms with van der Waals surface area (Å²) in [6.07, 6.45) is 5.73. The zero-order valence-corrected chi connectivity index (χ0v) is 10.4. The molecule has 2 saturated carbocycles. The Bertz CT molecular complexity index is 438. The lowest BCUT2D eigenvalue weighted by Gasteiger charge is -2.26. The van der Waals surface area contributed by atoms with E-state index in [2.05, 4.69) is 4.90 Å². The van der Waals surface area contributed by atoms with Crippen molar-refractivity contribution in [2.75, 3.05) is 18.0 Å². The van der Waals surface area contributed by atoms with Gasteiger partial charge in [0.25, 0.3) is 0 Å². The molecule has 0 saturated heterocycles. The molecule has 3 heteroatoms. The Labute approximate surface area is 107 Å². The predicted molar refractivity (Wildman–Crippen MR) is 69.4 cm³/mol. The number of nitrogens with zero attached hydrogens (tertiary/aromatic N) is 1. The summed E-state index contributed by atoms with van der Waals surface area (Å²) >= 11 is 0. The first-order chi connectivity index (χ1) is 8.78. The highest BCUT2D eigenvalue weighted by Crippen LogP contribution is 2.36. The second-order valence-corrected chi connectivity index (χ2v) is 5.58. The fourth-order valence-electron chi connectivity index (χ4n) is 2.41. The summed E-state index contributed by atoms with van der Waals surface area (Å²) in [6, 6.07) is 4.93. The second kappa shape index (κ2) is 4.71. The van der Waals surface area contributed by atoms with Crippen molar-refractivity contribution < 1.29 is 9.18 Å². The summed E-state index contributed by atoms with van der Waals surface area (Å²) in [5, 5.41) is 0. The van der Waals surface area contributed by atoms with Crippen LogP contribution in [-0.4, -0.2) is 19.4 Å². The molecule has 0 amide bonds. The van der Waals surface area contributed by atoms with Crippen molar-refractivity contribution in [2.45, 2.75) is 25.7 Å². The van der Waals surface area contributed by atoms with Crippen LogP contribution in [0, 0.1) is 17.7 Å². The van der Waals surface area contributed by atoms with Crippen LogP contribution in [0.25, 0.3) is 0 Å². The average molecular weight is 247 g/mol. The lowest BCUT2D eigenvalue weighted by Crippen LogP contribution is -2.29. The molecule has 0 aromatic heterocycles. The molecule has 2 nitrogen and oxygen atoms in total. The fourth-order valence-corrected chi connectivity index (χ4v) is 2.41. The predicted octanol–water partition coefficient (Wildman–Crippen LogP) is 3.26. The number of benzene rings is 1. The maximum absolute atomic E-state index is 13.7. The molecule has 0 atom stereocenters. The Morgan fingerprint density at radius 2 is 1.78 bits per heavy atom. The molecule has 0 heterocycles. The number of rotatable bonds is 6. The summed E-state index contributed by atoms with van der Waals surface area (Å²) in [6.45, 7) is 1.95. The molecule has 1 aromatic rings. The van der Waals surface area contributed by atoms with E-state index in [-0.39, 0.29) is 5.56 Å². The van der Waals surface area contributed by atoms with Crippen LogP contribution < -0.4 is 4.90 Å². The number of hydrogen-bond donors (Lipinski definition) is 0. The molecule has 96 valence electrons. The normalized spacial score (nSPS) is 18.7. The van der Waals surface area contributed by atoms with Gasteiger partial charge >= 0.3 is 0 Å². The first kappa shape index (κ1) is 11.7. The van der Waals surface area contributed by atoms with Crippen molar-refractivity contribution in [3.8, 4) is 0 Å². The SMILES string of the molecule is O=Cc1c(F)cccc1N(CC1CC1)CC1CC1. The van der Waals surface area contributed by atoms with Gasteiger partial charge in [-0.3, -0.25) is 4.79 Å². The van der Waals surface area contributed by atoms with Gasteiger partial charge in [0.05, 0.1) is 11.3 Å². The first-order valence-corrected chi connectivity index (χ1v) is 6.76. The molecule has 3 rings (SSSR count). The van der Waals surface area contributed by atoms with E-state index in [0.717, 1.165) is 30.6 Å². The van der Waals surface area contributed by atoms with Crippen LogP contribution in [0.2, 0.25) is 0 Å². The quantitative estimate of drug-likeness (QED) is 0.719. The Morgan fingerprint density at radius 3 is 2.28 bits per heavy atom. The molecular weight excluding hydrogens is 229 g/mol. The standard InChI is InChI=1S/C15H18FNO/c16-14-2-1-3-15(13(14)10-18)17(8-11-4-5-11)9-12-6-7-12/h1-3,10-12H,4-9H2. The van der Waals surface area contributed by atoms with Gasteiger partial charge in [-0.15, -0.1) is 0 Å². The molecule has 18 heavy (non-hydrogen) atoms. The number of aldehydes is 1. The van der Waals surface area contributed by atoms with Crippen LogP contribution in [0.4, 0.5) is 10.1 Å². The molecule has 2 fully saturated rings. The Hall–Kier alpha value is -1.38. The summed E-state index contributed by atoms with van der Waals surface area (Å²) in [7, 11) is 0. The van der Waals surface area contributed by atoms with Gasteiger partial charge in [0, 0.05) is 13.1 Å². The van der Waals surface area contributed by atoms with Crippen LogP contribution >= 0.6 is 0 Å². The fraction of sp³-hybridized carbons (Fsp3) is 0.533. The van der Waals surface area contributed by atoms with Gasteiger partial charge in [-0.05, 0) is 49.7 Å². The zero-order chi connectivity index (χ0) is 12.5. The Morgan fingerprint density at radius 1 is 1.17 bits per heavy atom. The summed E-state index contributed by atoms with van der Waals surface area (Å²) in [4.78, 5) is 13.3. The zero-order valence-electron chi connectivity index (χ0n) is 10.4. The minimum absolute atomic E-state index is 0.221. The van der Waals surface area contributed by atoms with E-state index >= 15 is 0 Å². The van der Waals surface area contributed by atoms with Crippen LogP contribution in [0.5, 0.6) is 0 Å². The smallest absolute Gasteiger partial charge is 0.155 e. The van der Waals surface area contributed by atoms with Crippen LogP contribution in [0.15, 0.2) is 18.2 Å². The van der Waals surface area contributed by atoms with E-state index in [9.17, 15) is 9.18 Å². The van der Waals surface area contributed by atoms with E-state index in [1.165, 1.54) is 31.7 Å². The molecule has 2 aliphatic rings. The largest absolute Gasteiger partial charge is 0.370 e. The van der Waals surface area contributed by atoms with Gasteiger partial charge < -0.3 is 4.90 Å². The molecule has 2 aliphatic carbocycles. The van der Waals surface area contributed by atoms with Crippen molar-refractivity contribution >= 4 is 12.0 Å². The lowest BCUT2D eigenvalue weighted by atomic mass is 10.1. The van der Waals surface area contributed by atoms with E-state index in [1.54, 1.807) is 6.07 Å². The average Bonchev–Trinajstić information content (AvgIpc) is 3.22. The van der Waals surface area contributed by atoms with Crippen molar-refractivity contribution in [3.63, 3.8) is 0 Å². The molecule has 1 aromatic carbocycles. The molecular formula is C15H18FNO. The lowest BCUT2D eigenvalue weighted by molar-refractivity contribution is 0.112. The minimum atomic E-state index is -0.404. The van der Waals surface area contributed by atoms with Crippen LogP contribution in [0.3, 0.4) is 0 Å². The third kappa shape index (κ3) is 2.55. The van der Waals surface area contributed by atoms with Crippen LogP contribution in [0.1, 0.15) is 36.0 Å². The first-order valence-electron chi connectivity index (χ1n) is 6.76. The highest BCUT2D eigenvalue weighted by Gasteiger charge is 2.30. The van der Waals surface area contributed by atoms with E-state index < -0.39 is 5.82 Å². The van der Waals surface area contributed by atoms with E-state index in [1.807, 2.05) is 6.07 Å². The number of halogens is 1. The van der Waals surface area contributed by atoms with E-state index in [4.69, 9.17) is 0 Å². The third-order valence-corrected chi connectivity index (χ3v) is 3.84. The summed E-state index contributed by atoms with van der Waals surface area (Å²) in [5.74, 6) is 1.08. The maximum Gasteiger partial charge on any atom is 0.155 e. The van der Waals surface area contributed by atoms with Gasteiger partial charge in [-0.1, -0.05) is 6.07 Å². The molecule has 0 aliphatic heterocycles. The summed E-state index contributed by atoms with van der Waals surface area (Å²) < 4.78 is 13.7. The minimum Gasteiger partial charge on any atom is -0.370 e. The number of anilines is 1. The monoisotopic (exact) mass is 247 g/mol. The molecule has 0 unspecified atom stereocenters. The van der Waals surface area contributed by atoms with Crippen molar-refractivity contribution in [1.82, 2.24) is 0 Å². The number of carbonyl (C=O) groups is 1. The van der Waals surface area contributed by atoms with E-state index in [0.29, 0.717) is 6.29 Å². The topological polar surface area (TPSA) is 20.3 Å². The van der Waals surface area contributed by atoms with Gasteiger partial charge in [-0.25, -0.2) is 4.39 Å². The number of hydrogen-bond acceptors (Lipinski definition) is 2. The van der Waals surface area contributed by atoms with Crippen LogP contribution in [-0.2, 0) is 0 Å². The van der Waals surface area contributed by atoms with Crippen molar-refractivity contribution in [1.29, 1.82) is 0 Å². The maximum atomic E-state index is 13.7. The van der Waals surface area contributed by atoms with Gasteiger partial charge in [0.2, 0.25) is 0 Å². The highest BCUT2D eigenvalue weighted by atomic mass is 19.1. The molecule has 0 radical (unpaired) electrons. The molecule has 0 N–H and O–H groups in total. The van der Waals surface area contributed by atoms with Gasteiger partial charge in [-0.2, -0.15) is 0 Å². The Balaban J connectivity index is 1.86.